The van der Waals surface area contributed by atoms with E-state index in [1.807, 2.05) is 30.3 Å². The minimum Gasteiger partial charge on any atom is -0.153 e. The van der Waals surface area contributed by atoms with E-state index >= 15 is 0 Å². The molecule has 0 unspecified atom stereocenters. The second kappa shape index (κ2) is 5.53. The Hall–Kier alpha value is -1.80. The van der Waals surface area contributed by atoms with Gasteiger partial charge in [-0.3, -0.25) is 0 Å². The molecule has 3 heteroatoms. The molecule has 2 nitrogen and oxygen atoms in total. The fourth-order valence-electron chi connectivity index (χ4n) is 3.17. The van der Waals surface area contributed by atoms with Crippen LogP contribution in [0, 0.1) is 0 Å². The van der Waals surface area contributed by atoms with Crippen molar-refractivity contribution in [2.75, 3.05) is 0 Å². The normalized spacial score (nSPS) is 13.6. The van der Waals surface area contributed by atoms with Gasteiger partial charge in [0.25, 0.3) is 0 Å². The zero-order valence-corrected chi connectivity index (χ0v) is 13.1. The second-order valence-corrected chi connectivity index (χ2v) is 5.80. The van der Waals surface area contributed by atoms with Gasteiger partial charge in [0.2, 0.25) is 0 Å². The highest BCUT2D eigenvalue weighted by Crippen LogP contribution is 2.40. The van der Waals surface area contributed by atoms with Gasteiger partial charge in [0.15, 0.2) is 0 Å². The van der Waals surface area contributed by atoms with Crippen LogP contribution >= 0.6 is 11.6 Å². The van der Waals surface area contributed by atoms with Crippen LogP contribution in [0.3, 0.4) is 0 Å². The van der Waals surface area contributed by atoms with Gasteiger partial charge in [0.05, 0.1) is 11.4 Å². The van der Waals surface area contributed by atoms with Crippen molar-refractivity contribution in [1.82, 2.24) is 5.43 Å². The van der Waals surface area contributed by atoms with Crippen LogP contribution in [0.15, 0.2) is 53.6 Å². The van der Waals surface area contributed by atoms with Crippen molar-refractivity contribution >= 4 is 23.0 Å². The lowest BCUT2D eigenvalue weighted by molar-refractivity contribution is 0.533. The maximum Gasteiger partial charge on any atom is 0.0948 e. The molecule has 2 aromatic carbocycles. The van der Waals surface area contributed by atoms with Crippen molar-refractivity contribution in [3.05, 3.63) is 64.7 Å². The van der Waals surface area contributed by atoms with Gasteiger partial charge in [-0.25, -0.2) is 0 Å². The molecule has 0 amide bonds. The zero-order chi connectivity index (χ0) is 14.9. The predicted molar refractivity (Wildman–Crippen MR) is 88.5 cm³/mol. The molecule has 0 bridgehead atoms. The topological polar surface area (TPSA) is 26.5 Å². The van der Waals surface area contributed by atoms with E-state index in [0.29, 0.717) is 0 Å². The summed E-state index contributed by atoms with van der Waals surface area (Å²) in [6.07, 6.45) is 1.96. The highest BCUT2D eigenvalue weighted by molar-refractivity contribution is 6.30. The summed E-state index contributed by atoms with van der Waals surface area (Å²) in [6.45, 7) is 4.42. The molecular weight excluding hydrogens is 280 g/mol. The van der Waals surface area contributed by atoms with Crippen molar-refractivity contribution in [2.45, 2.75) is 32.1 Å². The number of halogens is 1. The second-order valence-electron chi connectivity index (χ2n) is 5.36. The Morgan fingerprint density at radius 1 is 0.952 bits per heavy atom. The third-order valence-electron chi connectivity index (χ3n) is 4.47. The van der Waals surface area contributed by atoms with Gasteiger partial charge in [0, 0.05) is 16.0 Å². The van der Waals surface area contributed by atoms with E-state index in [1.165, 1.54) is 5.56 Å². The SMILES string of the molecule is CCC(CC)(C1=N[N]c2ccccc21)c1ccc(Cl)cc1. The first-order chi connectivity index (χ1) is 10.2. The Kier molecular flexibility index (Phi) is 3.73. The van der Waals surface area contributed by atoms with E-state index in [1.54, 1.807) is 0 Å². The van der Waals surface area contributed by atoms with Gasteiger partial charge < -0.3 is 0 Å². The van der Waals surface area contributed by atoms with Crippen LogP contribution in [-0.4, -0.2) is 5.71 Å². The molecule has 1 heterocycles. The molecule has 0 fully saturated rings. The van der Waals surface area contributed by atoms with E-state index in [9.17, 15) is 0 Å². The van der Waals surface area contributed by atoms with Crippen LogP contribution < -0.4 is 5.43 Å². The molecule has 0 atom stereocenters. The van der Waals surface area contributed by atoms with Gasteiger partial charge in [-0.05, 0) is 36.6 Å². The molecular formula is C18H18ClN2. The van der Waals surface area contributed by atoms with E-state index in [0.717, 1.165) is 34.8 Å². The smallest absolute Gasteiger partial charge is 0.0948 e. The van der Waals surface area contributed by atoms with E-state index in [-0.39, 0.29) is 5.41 Å². The minimum atomic E-state index is -0.110. The quantitative estimate of drug-likeness (QED) is 0.755. The van der Waals surface area contributed by atoms with E-state index in [2.05, 4.69) is 42.6 Å². The van der Waals surface area contributed by atoms with Crippen molar-refractivity contribution in [2.24, 2.45) is 5.10 Å². The Balaban J connectivity index is 2.13. The molecule has 0 saturated carbocycles. The summed E-state index contributed by atoms with van der Waals surface area (Å²) < 4.78 is 0. The molecule has 1 aliphatic rings. The number of nitrogens with zero attached hydrogens (tertiary/aromatic N) is 2. The predicted octanol–water partition coefficient (Wildman–Crippen LogP) is 5.05. The largest absolute Gasteiger partial charge is 0.153 e. The monoisotopic (exact) mass is 297 g/mol. The summed E-state index contributed by atoms with van der Waals surface area (Å²) in [5.41, 5.74) is 8.68. The number of benzene rings is 2. The Morgan fingerprint density at radius 2 is 1.62 bits per heavy atom. The van der Waals surface area contributed by atoms with Crippen molar-refractivity contribution in [1.29, 1.82) is 0 Å². The van der Waals surface area contributed by atoms with E-state index in [4.69, 9.17) is 11.6 Å². The lowest BCUT2D eigenvalue weighted by Crippen LogP contribution is -2.34. The van der Waals surface area contributed by atoms with Crippen molar-refractivity contribution < 1.29 is 0 Å². The first-order valence-electron chi connectivity index (χ1n) is 7.36. The van der Waals surface area contributed by atoms with Crippen LogP contribution in [0.25, 0.3) is 0 Å². The van der Waals surface area contributed by atoms with Crippen molar-refractivity contribution in [3.8, 4) is 0 Å². The summed E-state index contributed by atoms with van der Waals surface area (Å²) in [5.74, 6) is 0. The fourth-order valence-corrected chi connectivity index (χ4v) is 3.30. The third kappa shape index (κ3) is 2.24. The average molecular weight is 298 g/mol. The van der Waals surface area contributed by atoms with Crippen LogP contribution in [0.4, 0.5) is 5.69 Å². The van der Waals surface area contributed by atoms with Gasteiger partial charge in [0.1, 0.15) is 0 Å². The molecule has 1 radical (unpaired) electrons. The van der Waals surface area contributed by atoms with Crippen LogP contribution in [-0.2, 0) is 5.41 Å². The summed E-state index contributed by atoms with van der Waals surface area (Å²) in [4.78, 5) is 0. The Morgan fingerprint density at radius 3 is 2.29 bits per heavy atom. The molecule has 21 heavy (non-hydrogen) atoms. The van der Waals surface area contributed by atoms with Crippen LogP contribution in [0.1, 0.15) is 37.8 Å². The first kappa shape index (κ1) is 14.2. The van der Waals surface area contributed by atoms with Gasteiger partial charge in [-0.15, -0.1) is 0 Å². The molecule has 0 spiro atoms. The number of hydrogen-bond donors (Lipinski definition) is 0. The molecule has 1 aliphatic heterocycles. The maximum atomic E-state index is 6.04. The summed E-state index contributed by atoms with van der Waals surface area (Å²) >= 11 is 6.04. The van der Waals surface area contributed by atoms with E-state index < -0.39 is 0 Å². The minimum absolute atomic E-state index is 0.110. The molecule has 0 aromatic heterocycles. The van der Waals surface area contributed by atoms with Gasteiger partial charge >= 0.3 is 0 Å². The molecule has 0 N–H and O–H groups in total. The molecule has 2 aromatic rings. The first-order valence-corrected chi connectivity index (χ1v) is 7.73. The number of fused-ring (bicyclic) bond motifs is 1. The van der Waals surface area contributed by atoms with Crippen molar-refractivity contribution in [3.63, 3.8) is 0 Å². The standard InChI is InChI=1S/C18H18ClN2/c1-3-18(4-2,13-9-11-14(19)12-10-13)17-15-7-5-6-8-16(15)20-21-17/h5-12H,3-4H2,1-2H3. The molecule has 0 saturated heterocycles. The molecule has 107 valence electrons. The summed E-state index contributed by atoms with van der Waals surface area (Å²) in [6, 6.07) is 16.3. The average Bonchev–Trinajstić information content (AvgIpc) is 2.96. The number of rotatable bonds is 4. The lowest BCUT2D eigenvalue weighted by Gasteiger charge is -2.32. The summed E-state index contributed by atoms with van der Waals surface area (Å²) in [5, 5.41) is 5.29. The van der Waals surface area contributed by atoms with Gasteiger partial charge in [-0.2, -0.15) is 10.5 Å². The maximum absolute atomic E-state index is 6.04. The van der Waals surface area contributed by atoms with Crippen LogP contribution in [0.5, 0.6) is 0 Å². The van der Waals surface area contributed by atoms with Gasteiger partial charge in [-0.1, -0.05) is 55.8 Å². The molecule has 0 aliphatic carbocycles. The summed E-state index contributed by atoms with van der Waals surface area (Å²) in [7, 11) is 0. The Labute approximate surface area is 130 Å². The number of hydrogen-bond acceptors (Lipinski definition) is 1. The highest BCUT2D eigenvalue weighted by Gasteiger charge is 2.38. The van der Waals surface area contributed by atoms with Crippen LogP contribution in [0.2, 0.25) is 5.02 Å². The Bertz CT molecular complexity index is 670. The lowest BCUT2D eigenvalue weighted by atomic mass is 9.70. The third-order valence-corrected chi connectivity index (χ3v) is 4.73. The molecule has 3 rings (SSSR count). The highest BCUT2D eigenvalue weighted by atomic mass is 35.5. The fraction of sp³-hybridized carbons (Fsp3) is 0.278. The zero-order valence-electron chi connectivity index (χ0n) is 12.3.